The molecule has 0 amide bonds. The summed E-state index contributed by atoms with van der Waals surface area (Å²) >= 11 is 2.18. The second-order valence-electron chi connectivity index (χ2n) is 7.10. The van der Waals surface area contributed by atoms with E-state index in [-0.39, 0.29) is 15.8 Å². The lowest BCUT2D eigenvalue weighted by Crippen LogP contribution is -2.38. The Labute approximate surface area is 161 Å². The molecule has 0 rings (SSSR count). The van der Waals surface area contributed by atoms with E-state index in [0.717, 1.165) is 38.5 Å². The number of aliphatic hydroxyl groups excluding tert-OH is 1. The molecule has 0 heterocycles. The Hall–Kier alpha value is -0.0100. The maximum Gasteiger partial charge on any atom is 0.164 e. The number of aliphatic hydroxyl groups is 1. The Morgan fingerprint density at radius 2 is 1.46 bits per heavy atom. The highest BCUT2D eigenvalue weighted by Crippen LogP contribution is 2.22. The average molecular weight is 454 g/mol. The monoisotopic (exact) mass is 454 g/mol. The Morgan fingerprint density at radius 1 is 0.917 bits per heavy atom. The summed E-state index contributed by atoms with van der Waals surface area (Å²) in [5, 5.41) is 8.77. The number of halogens is 1. The number of Topliss-reactive ketones (excluding diaryl/α,β-unsaturated/α-hetero) is 2. The van der Waals surface area contributed by atoms with Gasteiger partial charge in [-0.15, -0.1) is 0 Å². The lowest BCUT2D eigenvalue weighted by molar-refractivity contribution is -0.143. The zero-order valence-electron chi connectivity index (χ0n) is 15.8. The highest BCUT2D eigenvalue weighted by atomic mass is 127. The van der Waals surface area contributed by atoms with Gasteiger partial charge in [0.2, 0.25) is 0 Å². The summed E-state index contributed by atoms with van der Waals surface area (Å²) in [6.07, 6.45) is 6.96. The van der Waals surface area contributed by atoms with E-state index in [2.05, 4.69) is 22.6 Å². The molecule has 0 aliphatic rings. The third-order valence-corrected chi connectivity index (χ3v) is 5.06. The molecule has 1 unspecified atom stereocenters. The molecule has 24 heavy (non-hydrogen) atoms. The van der Waals surface area contributed by atoms with Crippen LogP contribution in [0, 0.1) is 0 Å². The van der Waals surface area contributed by atoms with E-state index in [1.807, 2.05) is 27.7 Å². The van der Waals surface area contributed by atoms with Gasteiger partial charge in [-0.05, 0) is 52.9 Å². The summed E-state index contributed by atoms with van der Waals surface area (Å²) in [7, 11) is 0. The first kappa shape index (κ1) is 24.0. The number of alkyl halides is 1. The van der Waals surface area contributed by atoms with Crippen molar-refractivity contribution in [2.45, 2.75) is 94.5 Å². The molecule has 0 fully saturated rings. The standard InChI is InChI=1S/C19H35IO4/c1-5-19(4,17(23)13-8-6-10-14-21)24-15-11-7-9-12-16(22)18(2,3)20/h21H,5-15H2,1-4H3. The largest absolute Gasteiger partial charge is 0.396 e. The Balaban J connectivity index is 3.99. The van der Waals surface area contributed by atoms with Gasteiger partial charge in [-0.25, -0.2) is 0 Å². The lowest BCUT2D eigenvalue weighted by atomic mass is 9.93. The van der Waals surface area contributed by atoms with Crippen molar-refractivity contribution in [1.82, 2.24) is 0 Å². The molecule has 0 spiro atoms. The van der Waals surface area contributed by atoms with Gasteiger partial charge in [-0.1, -0.05) is 42.4 Å². The first-order valence-electron chi connectivity index (χ1n) is 9.17. The summed E-state index contributed by atoms with van der Waals surface area (Å²) in [4.78, 5) is 24.2. The summed E-state index contributed by atoms with van der Waals surface area (Å²) in [6.45, 7) is 8.49. The molecule has 5 heteroatoms. The van der Waals surface area contributed by atoms with Crippen LogP contribution in [-0.4, -0.2) is 38.9 Å². The van der Waals surface area contributed by atoms with Crippen LogP contribution in [-0.2, 0) is 14.3 Å². The number of ketones is 2. The first-order valence-corrected chi connectivity index (χ1v) is 10.3. The molecular formula is C19H35IO4. The summed E-state index contributed by atoms with van der Waals surface area (Å²) in [5.74, 6) is 0.449. The van der Waals surface area contributed by atoms with Gasteiger partial charge in [0.05, 0.1) is 3.42 Å². The number of hydrogen-bond donors (Lipinski definition) is 1. The second kappa shape index (κ2) is 12.4. The molecule has 1 atom stereocenters. The molecule has 0 aliphatic heterocycles. The maximum atomic E-state index is 12.3. The van der Waals surface area contributed by atoms with Crippen LogP contribution < -0.4 is 0 Å². The van der Waals surface area contributed by atoms with Crippen LogP contribution >= 0.6 is 22.6 Å². The minimum Gasteiger partial charge on any atom is -0.396 e. The third kappa shape index (κ3) is 10.1. The predicted octanol–water partition coefficient (Wildman–Crippen LogP) is 4.64. The van der Waals surface area contributed by atoms with E-state index in [1.54, 1.807) is 0 Å². The molecule has 0 aromatic carbocycles. The van der Waals surface area contributed by atoms with Gasteiger partial charge in [0.25, 0.3) is 0 Å². The van der Waals surface area contributed by atoms with Crippen LogP contribution in [0.25, 0.3) is 0 Å². The smallest absolute Gasteiger partial charge is 0.164 e. The SMILES string of the molecule is CCC(C)(OCCCCCC(=O)C(C)(C)I)C(=O)CCCCCO. The third-order valence-electron chi connectivity index (χ3n) is 4.46. The number of ether oxygens (including phenoxy) is 1. The summed E-state index contributed by atoms with van der Waals surface area (Å²) in [5.41, 5.74) is -0.695. The van der Waals surface area contributed by atoms with Crippen molar-refractivity contribution in [2.75, 3.05) is 13.2 Å². The average Bonchev–Trinajstić information content (AvgIpc) is 2.53. The van der Waals surface area contributed by atoms with Crippen molar-refractivity contribution >= 4 is 34.2 Å². The van der Waals surface area contributed by atoms with E-state index in [9.17, 15) is 9.59 Å². The summed E-state index contributed by atoms with van der Waals surface area (Å²) in [6, 6.07) is 0. The zero-order chi connectivity index (χ0) is 18.6. The van der Waals surface area contributed by atoms with Crippen LogP contribution in [0.1, 0.15) is 85.5 Å². The Kier molecular flexibility index (Phi) is 12.4. The van der Waals surface area contributed by atoms with Gasteiger partial charge in [0.1, 0.15) is 11.4 Å². The molecule has 1 N–H and O–H groups in total. The van der Waals surface area contributed by atoms with Gasteiger partial charge in [-0.2, -0.15) is 0 Å². The Morgan fingerprint density at radius 3 is 1.96 bits per heavy atom. The lowest BCUT2D eigenvalue weighted by Gasteiger charge is -2.27. The fourth-order valence-corrected chi connectivity index (χ4v) is 2.65. The predicted molar refractivity (Wildman–Crippen MR) is 107 cm³/mol. The van der Waals surface area contributed by atoms with Crippen LogP contribution in [0.15, 0.2) is 0 Å². The van der Waals surface area contributed by atoms with Crippen molar-refractivity contribution < 1.29 is 19.4 Å². The fraction of sp³-hybridized carbons (Fsp3) is 0.895. The van der Waals surface area contributed by atoms with E-state index in [1.165, 1.54) is 0 Å². The normalized spacial score (nSPS) is 14.4. The van der Waals surface area contributed by atoms with Gasteiger partial charge in [0.15, 0.2) is 5.78 Å². The molecule has 0 bridgehead atoms. The molecule has 0 aromatic heterocycles. The molecule has 0 aliphatic carbocycles. The molecular weight excluding hydrogens is 419 g/mol. The topological polar surface area (TPSA) is 63.6 Å². The second-order valence-corrected chi connectivity index (χ2v) is 9.79. The van der Waals surface area contributed by atoms with Gasteiger partial charge in [-0.3, -0.25) is 9.59 Å². The van der Waals surface area contributed by atoms with E-state index in [4.69, 9.17) is 9.84 Å². The number of unbranched alkanes of at least 4 members (excludes halogenated alkanes) is 4. The van der Waals surface area contributed by atoms with E-state index >= 15 is 0 Å². The maximum absolute atomic E-state index is 12.3. The number of carbonyl (C=O) groups excluding carboxylic acids is 2. The van der Waals surface area contributed by atoms with Crippen LogP contribution in [0.3, 0.4) is 0 Å². The van der Waals surface area contributed by atoms with E-state index in [0.29, 0.717) is 31.7 Å². The van der Waals surface area contributed by atoms with Crippen molar-refractivity contribution in [2.24, 2.45) is 0 Å². The molecule has 0 saturated carbocycles. The highest BCUT2D eigenvalue weighted by Gasteiger charge is 2.31. The van der Waals surface area contributed by atoms with E-state index < -0.39 is 5.60 Å². The zero-order valence-corrected chi connectivity index (χ0v) is 18.0. The molecule has 4 nitrogen and oxygen atoms in total. The van der Waals surface area contributed by atoms with Crippen LogP contribution in [0.5, 0.6) is 0 Å². The number of carbonyl (C=O) groups is 2. The Bertz CT molecular complexity index is 376. The van der Waals surface area contributed by atoms with Crippen LogP contribution in [0.2, 0.25) is 0 Å². The molecule has 0 radical (unpaired) electrons. The fourth-order valence-electron chi connectivity index (χ4n) is 2.38. The van der Waals surface area contributed by atoms with Gasteiger partial charge in [0, 0.05) is 26.1 Å². The minimum atomic E-state index is -0.695. The summed E-state index contributed by atoms with van der Waals surface area (Å²) < 4.78 is 5.61. The van der Waals surface area contributed by atoms with Crippen molar-refractivity contribution in [3.05, 3.63) is 0 Å². The van der Waals surface area contributed by atoms with Crippen molar-refractivity contribution in [3.63, 3.8) is 0 Å². The highest BCUT2D eigenvalue weighted by molar-refractivity contribution is 14.1. The number of hydrogen-bond acceptors (Lipinski definition) is 4. The molecule has 0 aromatic rings. The van der Waals surface area contributed by atoms with Crippen molar-refractivity contribution in [3.8, 4) is 0 Å². The van der Waals surface area contributed by atoms with Crippen molar-refractivity contribution in [1.29, 1.82) is 0 Å². The number of rotatable bonds is 15. The minimum absolute atomic E-state index is 0.157. The van der Waals surface area contributed by atoms with Gasteiger partial charge < -0.3 is 9.84 Å². The molecule has 0 saturated heterocycles. The quantitative estimate of drug-likeness (QED) is 0.223. The van der Waals surface area contributed by atoms with Gasteiger partial charge >= 0.3 is 0 Å². The molecule has 142 valence electrons. The first-order chi connectivity index (χ1) is 11.2. The van der Waals surface area contributed by atoms with Crippen LogP contribution in [0.4, 0.5) is 0 Å².